The lowest BCUT2D eigenvalue weighted by Gasteiger charge is -2.58. The number of hydrogen-bond acceptors (Lipinski definition) is 3. The van der Waals surface area contributed by atoms with Crippen LogP contribution in [0.2, 0.25) is 0 Å². The predicted molar refractivity (Wildman–Crippen MR) is 134 cm³/mol. The van der Waals surface area contributed by atoms with Crippen molar-refractivity contribution in [3.05, 3.63) is 23.3 Å². The smallest absolute Gasteiger partial charge is 0.157 e. The first kappa shape index (κ1) is 24.1. The van der Waals surface area contributed by atoms with Crippen molar-refractivity contribution >= 4 is 0 Å². The second-order valence-corrected chi connectivity index (χ2v) is 12.5. The molecule has 3 heteroatoms. The van der Waals surface area contributed by atoms with Crippen LogP contribution in [0.4, 0.5) is 0 Å². The molecular weight excluding hydrogens is 408 g/mol. The van der Waals surface area contributed by atoms with Crippen molar-refractivity contribution in [2.45, 2.75) is 110 Å². The van der Waals surface area contributed by atoms with E-state index in [1.54, 1.807) is 11.1 Å². The molecule has 3 saturated carbocycles. The largest absolute Gasteiger partial charge is 0.384 e. The van der Waals surface area contributed by atoms with Crippen LogP contribution in [0.25, 0.3) is 0 Å². The van der Waals surface area contributed by atoms with E-state index >= 15 is 0 Å². The first-order valence-electron chi connectivity index (χ1n) is 14.1. The van der Waals surface area contributed by atoms with Crippen LogP contribution in [-0.2, 0) is 14.2 Å². The lowest BCUT2D eigenvalue weighted by molar-refractivity contribution is -0.195. The Morgan fingerprint density at radius 2 is 1.97 bits per heavy atom. The van der Waals surface area contributed by atoms with Crippen molar-refractivity contribution in [3.8, 4) is 0 Å². The second kappa shape index (κ2) is 9.78. The molecule has 1 aliphatic heterocycles. The van der Waals surface area contributed by atoms with E-state index in [0.717, 1.165) is 56.1 Å². The van der Waals surface area contributed by atoms with Gasteiger partial charge < -0.3 is 14.2 Å². The van der Waals surface area contributed by atoms with Crippen LogP contribution in [0.5, 0.6) is 0 Å². The molecule has 1 unspecified atom stereocenters. The molecule has 5 aliphatic rings. The van der Waals surface area contributed by atoms with Crippen LogP contribution in [0, 0.1) is 34.5 Å². The molecule has 33 heavy (non-hydrogen) atoms. The average molecular weight is 457 g/mol. The molecule has 0 spiro atoms. The van der Waals surface area contributed by atoms with Crippen LogP contribution in [0.1, 0.15) is 97.8 Å². The van der Waals surface area contributed by atoms with Gasteiger partial charge in [-0.3, -0.25) is 0 Å². The van der Waals surface area contributed by atoms with Gasteiger partial charge >= 0.3 is 0 Å². The third-order valence-corrected chi connectivity index (χ3v) is 10.9. The van der Waals surface area contributed by atoms with Gasteiger partial charge in [0.15, 0.2) is 6.29 Å². The van der Waals surface area contributed by atoms with Gasteiger partial charge in [-0.2, -0.15) is 0 Å². The van der Waals surface area contributed by atoms with Crippen LogP contribution >= 0.6 is 0 Å². The molecule has 186 valence electrons. The standard InChI is InChI=1S/C30H48O3/c1-21(8-7-18-31-4)25-12-13-26-24-11-10-22-20-23(33-28-9-5-6-19-32-28)14-16-29(22,2)27(24)15-17-30(25,26)3/h8,10,23-28H,5-7,9,11-20H2,1-4H3/b21-8+/t23-,24-,25+,26-,27-,28?,29-,30+/m0/s1. The van der Waals surface area contributed by atoms with E-state index in [1.165, 1.54) is 57.8 Å². The maximum atomic E-state index is 6.45. The maximum absolute atomic E-state index is 6.45. The normalized spacial score (nSPS) is 45.7. The topological polar surface area (TPSA) is 27.7 Å². The highest BCUT2D eigenvalue weighted by molar-refractivity contribution is 5.26. The minimum absolute atomic E-state index is 0.0519. The van der Waals surface area contributed by atoms with Crippen molar-refractivity contribution < 1.29 is 14.2 Å². The fourth-order valence-electron chi connectivity index (χ4n) is 9.07. The molecule has 1 saturated heterocycles. The van der Waals surface area contributed by atoms with Gasteiger partial charge in [0.05, 0.1) is 6.10 Å². The summed E-state index contributed by atoms with van der Waals surface area (Å²) in [7, 11) is 1.81. The Morgan fingerprint density at radius 3 is 2.76 bits per heavy atom. The predicted octanol–water partition coefficient (Wildman–Crippen LogP) is 7.46. The van der Waals surface area contributed by atoms with Crippen LogP contribution in [0.3, 0.4) is 0 Å². The van der Waals surface area contributed by atoms with E-state index in [9.17, 15) is 0 Å². The molecule has 0 aromatic rings. The van der Waals surface area contributed by atoms with Gasteiger partial charge in [0, 0.05) is 20.3 Å². The zero-order valence-electron chi connectivity index (χ0n) is 21.7. The Kier molecular flexibility index (Phi) is 7.14. The molecule has 3 nitrogen and oxygen atoms in total. The fourth-order valence-corrected chi connectivity index (χ4v) is 9.07. The summed E-state index contributed by atoms with van der Waals surface area (Å²) in [6.45, 7) is 9.39. The molecule has 8 atom stereocenters. The van der Waals surface area contributed by atoms with Crippen molar-refractivity contribution in [2.75, 3.05) is 20.3 Å². The summed E-state index contributed by atoms with van der Waals surface area (Å²) in [5.74, 6) is 3.43. The molecule has 5 rings (SSSR count). The quantitative estimate of drug-likeness (QED) is 0.307. The Morgan fingerprint density at radius 1 is 1.09 bits per heavy atom. The van der Waals surface area contributed by atoms with Crippen molar-refractivity contribution in [1.82, 2.24) is 0 Å². The van der Waals surface area contributed by atoms with E-state index in [4.69, 9.17) is 14.2 Å². The molecule has 0 amide bonds. The van der Waals surface area contributed by atoms with Gasteiger partial charge in [-0.15, -0.1) is 0 Å². The van der Waals surface area contributed by atoms with E-state index in [1.807, 2.05) is 7.11 Å². The first-order valence-corrected chi connectivity index (χ1v) is 14.1. The van der Waals surface area contributed by atoms with Gasteiger partial charge in [0.1, 0.15) is 0 Å². The molecule has 1 heterocycles. The summed E-state index contributed by atoms with van der Waals surface area (Å²) >= 11 is 0. The fraction of sp³-hybridized carbons (Fsp3) is 0.867. The van der Waals surface area contributed by atoms with Crippen molar-refractivity contribution in [2.24, 2.45) is 34.5 Å². The maximum Gasteiger partial charge on any atom is 0.157 e. The highest BCUT2D eigenvalue weighted by atomic mass is 16.7. The van der Waals surface area contributed by atoms with Gasteiger partial charge in [-0.1, -0.05) is 37.1 Å². The van der Waals surface area contributed by atoms with E-state index < -0.39 is 0 Å². The van der Waals surface area contributed by atoms with Gasteiger partial charge in [-0.25, -0.2) is 0 Å². The Balaban J connectivity index is 1.28. The van der Waals surface area contributed by atoms with Crippen molar-refractivity contribution in [1.29, 1.82) is 0 Å². The molecule has 4 fully saturated rings. The van der Waals surface area contributed by atoms with Crippen LogP contribution in [-0.4, -0.2) is 32.7 Å². The zero-order valence-corrected chi connectivity index (χ0v) is 21.7. The van der Waals surface area contributed by atoms with Crippen LogP contribution in [0.15, 0.2) is 23.3 Å². The summed E-state index contributed by atoms with van der Waals surface area (Å²) in [6.07, 6.45) is 20.8. The molecule has 0 aromatic carbocycles. The van der Waals surface area contributed by atoms with E-state index in [0.29, 0.717) is 16.9 Å². The summed E-state index contributed by atoms with van der Waals surface area (Å²) in [4.78, 5) is 0. The van der Waals surface area contributed by atoms with Crippen LogP contribution < -0.4 is 0 Å². The molecule has 0 N–H and O–H groups in total. The Hall–Kier alpha value is -0.640. The summed E-state index contributed by atoms with van der Waals surface area (Å²) < 4.78 is 17.6. The monoisotopic (exact) mass is 456 g/mol. The number of hydrogen-bond donors (Lipinski definition) is 0. The number of fused-ring (bicyclic) bond motifs is 5. The minimum Gasteiger partial charge on any atom is -0.384 e. The van der Waals surface area contributed by atoms with E-state index in [-0.39, 0.29) is 6.29 Å². The summed E-state index contributed by atoms with van der Waals surface area (Å²) in [5, 5.41) is 0. The average Bonchev–Trinajstić information content (AvgIpc) is 3.17. The molecule has 0 aromatic heterocycles. The van der Waals surface area contributed by atoms with Crippen molar-refractivity contribution in [3.63, 3.8) is 0 Å². The van der Waals surface area contributed by atoms with Gasteiger partial charge in [-0.05, 0) is 118 Å². The van der Waals surface area contributed by atoms with Gasteiger partial charge in [0.2, 0.25) is 0 Å². The highest BCUT2D eigenvalue weighted by Crippen LogP contribution is 2.67. The Labute approximate surface area is 202 Å². The number of ether oxygens (including phenoxy) is 3. The molecule has 4 aliphatic carbocycles. The number of rotatable bonds is 6. The highest BCUT2D eigenvalue weighted by Gasteiger charge is 2.58. The molecular formula is C30H48O3. The first-order chi connectivity index (χ1) is 16.0. The van der Waals surface area contributed by atoms with Gasteiger partial charge in [0.25, 0.3) is 0 Å². The summed E-state index contributed by atoms with van der Waals surface area (Å²) in [6, 6.07) is 0. The summed E-state index contributed by atoms with van der Waals surface area (Å²) in [5.41, 5.74) is 4.26. The lowest BCUT2D eigenvalue weighted by atomic mass is 9.47. The zero-order chi connectivity index (χ0) is 23.1. The SMILES string of the molecule is COCC/C=C(\C)[C@H]1CC[C@H]2[C@@H]3CC=C4C[C@@H](OC5CCCCO5)CC[C@]4(C)[C@H]3CC[C@]12C. The van der Waals surface area contributed by atoms with E-state index in [2.05, 4.69) is 32.9 Å². The third kappa shape index (κ3) is 4.40. The Bertz CT molecular complexity index is 750. The minimum atomic E-state index is 0.0519. The lowest BCUT2D eigenvalue weighted by Crippen LogP contribution is -2.50. The number of allylic oxidation sites excluding steroid dienone is 2. The molecule has 0 bridgehead atoms. The second-order valence-electron chi connectivity index (χ2n) is 12.5. The third-order valence-electron chi connectivity index (χ3n) is 10.9. The number of methoxy groups -OCH3 is 1. The molecule has 0 radical (unpaired) electrons.